The lowest BCUT2D eigenvalue weighted by Crippen LogP contribution is -2.39. The second-order valence-electron chi connectivity index (χ2n) is 8.15. The van der Waals surface area contributed by atoms with E-state index in [0.29, 0.717) is 6.04 Å². The third-order valence-corrected chi connectivity index (χ3v) is 5.84. The van der Waals surface area contributed by atoms with Crippen LogP contribution in [0, 0.1) is 11.8 Å². The third-order valence-electron chi connectivity index (χ3n) is 5.84. The van der Waals surface area contributed by atoms with Crippen molar-refractivity contribution in [3.05, 3.63) is 23.8 Å². The number of nitrogens with zero attached hydrogens (tertiary/aromatic N) is 1. The molecule has 3 nitrogen and oxygen atoms in total. The Kier molecular flexibility index (Phi) is 6.04. The molecule has 1 aliphatic carbocycles. The van der Waals surface area contributed by atoms with Crippen molar-refractivity contribution in [2.24, 2.45) is 11.8 Å². The van der Waals surface area contributed by atoms with Crippen molar-refractivity contribution in [3.8, 4) is 11.5 Å². The predicted molar refractivity (Wildman–Crippen MR) is 98.4 cm³/mol. The van der Waals surface area contributed by atoms with Gasteiger partial charge in [-0.2, -0.15) is 0 Å². The Morgan fingerprint density at radius 2 is 1.75 bits per heavy atom. The highest BCUT2D eigenvalue weighted by Gasteiger charge is 2.28. The molecule has 2 atom stereocenters. The monoisotopic (exact) mass is 331 g/mol. The Bertz CT molecular complexity index is 527. The number of aromatic hydroxyl groups is 2. The van der Waals surface area contributed by atoms with E-state index >= 15 is 0 Å². The van der Waals surface area contributed by atoms with Crippen molar-refractivity contribution in [3.63, 3.8) is 0 Å². The first-order valence-electron chi connectivity index (χ1n) is 9.86. The molecule has 3 heteroatoms. The summed E-state index contributed by atoms with van der Waals surface area (Å²) in [5.74, 6) is 1.77. The van der Waals surface area contributed by atoms with Crippen LogP contribution in [0.1, 0.15) is 63.9 Å². The lowest BCUT2D eigenvalue weighted by Gasteiger charge is -2.33. The molecule has 2 N–H and O–H groups in total. The molecule has 1 saturated heterocycles. The van der Waals surface area contributed by atoms with Crippen molar-refractivity contribution in [1.29, 1.82) is 0 Å². The second-order valence-corrected chi connectivity index (χ2v) is 8.15. The molecule has 134 valence electrons. The van der Waals surface area contributed by atoms with Gasteiger partial charge in [-0.3, -0.25) is 4.90 Å². The van der Waals surface area contributed by atoms with Gasteiger partial charge in [0, 0.05) is 12.6 Å². The number of rotatable bonds is 4. The number of hydrogen-bond donors (Lipinski definition) is 2. The van der Waals surface area contributed by atoms with E-state index in [-0.39, 0.29) is 11.5 Å². The van der Waals surface area contributed by atoms with Crippen molar-refractivity contribution >= 4 is 0 Å². The molecule has 1 aromatic rings. The van der Waals surface area contributed by atoms with E-state index in [0.717, 1.165) is 23.8 Å². The highest BCUT2D eigenvalue weighted by molar-refractivity contribution is 5.40. The first-order chi connectivity index (χ1) is 11.6. The largest absolute Gasteiger partial charge is 0.504 e. The van der Waals surface area contributed by atoms with Gasteiger partial charge in [-0.05, 0) is 68.2 Å². The molecule has 1 aromatic carbocycles. The Morgan fingerprint density at radius 3 is 2.50 bits per heavy atom. The molecule has 0 radical (unpaired) electrons. The Labute approximate surface area is 146 Å². The van der Waals surface area contributed by atoms with Crippen LogP contribution in [-0.4, -0.2) is 34.2 Å². The molecule has 2 fully saturated rings. The van der Waals surface area contributed by atoms with E-state index < -0.39 is 0 Å². The van der Waals surface area contributed by atoms with Gasteiger partial charge in [-0.1, -0.05) is 38.7 Å². The highest BCUT2D eigenvalue weighted by atomic mass is 16.3. The highest BCUT2D eigenvalue weighted by Crippen LogP contribution is 2.33. The van der Waals surface area contributed by atoms with Gasteiger partial charge in [0.05, 0.1) is 0 Å². The van der Waals surface area contributed by atoms with Crippen molar-refractivity contribution in [2.45, 2.75) is 70.8 Å². The van der Waals surface area contributed by atoms with E-state index in [4.69, 9.17) is 0 Å². The Hall–Kier alpha value is -1.22. The number of benzene rings is 1. The average molecular weight is 332 g/mol. The smallest absolute Gasteiger partial charge is 0.157 e. The molecule has 0 aromatic heterocycles. The Balaban J connectivity index is 1.70. The van der Waals surface area contributed by atoms with Crippen LogP contribution in [0.4, 0.5) is 0 Å². The topological polar surface area (TPSA) is 43.7 Å². The van der Waals surface area contributed by atoms with Crippen molar-refractivity contribution in [2.75, 3.05) is 13.1 Å². The molecule has 1 unspecified atom stereocenters. The van der Waals surface area contributed by atoms with Gasteiger partial charge in [0.2, 0.25) is 0 Å². The van der Waals surface area contributed by atoms with Gasteiger partial charge >= 0.3 is 0 Å². The summed E-state index contributed by atoms with van der Waals surface area (Å²) in [5, 5.41) is 19.4. The first-order valence-corrected chi connectivity index (χ1v) is 9.86. The fourth-order valence-electron chi connectivity index (χ4n) is 4.09. The maximum absolute atomic E-state index is 9.80. The summed E-state index contributed by atoms with van der Waals surface area (Å²) in [6.07, 6.45) is 11.7. The molecule has 0 spiro atoms. The summed E-state index contributed by atoms with van der Waals surface area (Å²) >= 11 is 0. The molecule has 0 bridgehead atoms. The molecule has 1 aliphatic heterocycles. The zero-order chi connectivity index (χ0) is 16.9. The summed E-state index contributed by atoms with van der Waals surface area (Å²) in [7, 11) is 0. The van der Waals surface area contributed by atoms with Gasteiger partial charge in [0.15, 0.2) is 11.5 Å². The van der Waals surface area contributed by atoms with Crippen LogP contribution in [0.5, 0.6) is 11.5 Å². The van der Waals surface area contributed by atoms with Crippen LogP contribution < -0.4 is 0 Å². The zero-order valence-corrected chi connectivity index (χ0v) is 15.1. The lowest BCUT2D eigenvalue weighted by molar-refractivity contribution is 0.162. The van der Waals surface area contributed by atoms with Crippen LogP contribution >= 0.6 is 0 Å². The van der Waals surface area contributed by atoms with E-state index in [9.17, 15) is 10.2 Å². The van der Waals surface area contributed by atoms with Crippen LogP contribution in [0.15, 0.2) is 18.2 Å². The normalized spacial score (nSPS) is 27.0. The van der Waals surface area contributed by atoms with Crippen LogP contribution in [0.3, 0.4) is 0 Å². The van der Waals surface area contributed by atoms with E-state index in [2.05, 4.69) is 11.8 Å². The van der Waals surface area contributed by atoms with Crippen molar-refractivity contribution in [1.82, 2.24) is 4.90 Å². The van der Waals surface area contributed by atoms with E-state index in [1.165, 1.54) is 64.5 Å². The van der Waals surface area contributed by atoms with E-state index in [1.54, 1.807) is 12.1 Å². The minimum atomic E-state index is -0.0200. The molecular weight excluding hydrogens is 298 g/mol. The summed E-state index contributed by atoms with van der Waals surface area (Å²) < 4.78 is 0. The molecule has 3 rings (SSSR count). The van der Waals surface area contributed by atoms with Crippen LogP contribution in [0.2, 0.25) is 0 Å². The first kappa shape index (κ1) is 17.6. The average Bonchev–Trinajstić information content (AvgIpc) is 3.37. The van der Waals surface area contributed by atoms with Gasteiger partial charge in [0.25, 0.3) is 0 Å². The molecular formula is C21H33NO2. The van der Waals surface area contributed by atoms with Gasteiger partial charge in [-0.25, -0.2) is 0 Å². The van der Waals surface area contributed by atoms with E-state index in [1.807, 2.05) is 6.07 Å². The zero-order valence-electron chi connectivity index (χ0n) is 15.1. The fourth-order valence-corrected chi connectivity index (χ4v) is 4.09. The number of phenolic OH excluding ortho intramolecular Hbond substituents is 2. The molecule has 1 saturated carbocycles. The molecule has 0 amide bonds. The lowest BCUT2D eigenvalue weighted by atomic mass is 9.92. The van der Waals surface area contributed by atoms with Gasteiger partial charge in [0.1, 0.15) is 0 Å². The fraction of sp³-hybridized carbons (Fsp3) is 0.714. The maximum atomic E-state index is 9.80. The maximum Gasteiger partial charge on any atom is 0.157 e. The Morgan fingerprint density at radius 1 is 0.958 bits per heavy atom. The third kappa shape index (κ3) is 5.14. The molecule has 2 aliphatic rings. The molecule has 24 heavy (non-hydrogen) atoms. The molecule has 1 heterocycles. The SMILES string of the molecule is CC1CCCCN(CC2CC2)[C@H](Cc2ccc(O)c(O)c2)CCC1. The van der Waals surface area contributed by atoms with Gasteiger partial charge < -0.3 is 10.2 Å². The van der Waals surface area contributed by atoms with Crippen LogP contribution in [0.25, 0.3) is 0 Å². The summed E-state index contributed by atoms with van der Waals surface area (Å²) in [5.41, 5.74) is 1.14. The summed E-state index contributed by atoms with van der Waals surface area (Å²) in [6.45, 7) is 4.87. The quantitative estimate of drug-likeness (QED) is 0.785. The number of hydrogen-bond acceptors (Lipinski definition) is 3. The van der Waals surface area contributed by atoms with Crippen LogP contribution in [-0.2, 0) is 6.42 Å². The summed E-state index contributed by atoms with van der Waals surface area (Å²) in [6, 6.07) is 5.90. The standard InChI is InChI=1S/C21H33NO2/c1-16-5-2-3-12-22(15-17-8-9-17)19(7-4-6-16)13-18-10-11-20(23)21(24)14-18/h10-11,14,16-17,19,23-24H,2-9,12-13,15H2,1H3/t16?,19-/m0/s1. The van der Waals surface area contributed by atoms with Crippen molar-refractivity contribution < 1.29 is 10.2 Å². The second kappa shape index (κ2) is 8.24. The number of phenols is 2. The minimum Gasteiger partial charge on any atom is -0.504 e. The summed E-state index contributed by atoms with van der Waals surface area (Å²) in [4.78, 5) is 2.73. The van der Waals surface area contributed by atoms with Gasteiger partial charge in [-0.15, -0.1) is 0 Å². The minimum absolute atomic E-state index is 0.00901. The predicted octanol–water partition coefficient (Wildman–Crippen LogP) is 4.71.